The van der Waals surface area contributed by atoms with Crippen molar-refractivity contribution in [2.45, 2.75) is 38.9 Å². The maximum Gasteiger partial charge on any atom is 0.328 e. The molecule has 2 unspecified atom stereocenters. The van der Waals surface area contributed by atoms with E-state index in [1.165, 1.54) is 20.8 Å². The average Bonchev–Trinajstić information content (AvgIpc) is 2.60. The molecule has 1 amide bonds. The van der Waals surface area contributed by atoms with Crippen LogP contribution in [0.3, 0.4) is 0 Å². The van der Waals surface area contributed by atoms with Gasteiger partial charge in [0.05, 0.1) is 5.41 Å². The first-order valence-electron chi connectivity index (χ1n) is 4.40. The van der Waals surface area contributed by atoms with Crippen LogP contribution >= 0.6 is 0 Å². The van der Waals surface area contributed by atoms with Gasteiger partial charge in [0, 0.05) is 0 Å². The molecule has 0 aromatic carbocycles. The molecule has 1 aliphatic carbocycles. The molecule has 1 saturated carbocycles. The SMILES string of the molecule is CC(C)(NC(=O)C1(C)CC1F)C(=O)O. The van der Waals surface area contributed by atoms with Gasteiger partial charge in [-0.25, -0.2) is 9.18 Å². The molecule has 0 heterocycles. The maximum absolute atomic E-state index is 12.8. The van der Waals surface area contributed by atoms with Crippen molar-refractivity contribution < 1.29 is 19.1 Å². The lowest BCUT2D eigenvalue weighted by atomic mass is 10.0. The lowest BCUT2D eigenvalue weighted by Gasteiger charge is -2.23. The van der Waals surface area contributed by atoms with Crippen molar-refractivity contribution in [2.24, 2.45) is 5.41 Å². The summed E-state index contributed by atoms with van der Waals surface area (Å²) in [6, 6.07) is 0. The second-order valence-electron chi connectivity index (χ2n) is 4.47. The van der Waals surface area contributed by atoms with Crippen LogP contribution in [-0.2, 0) is 9.59 Å². The van der Waals surface area contributed by atoms with Gasteiger partial charge in [-0.15, -0.1) is 0 Å². The average molecular weight is 203 g/mol. The summed E-state index contributed by atoms with van der Waals surface area (Å²) < 4.78 is 12.8. The van der Waals surface area contributed by atoms with Crippen LogP contribution in [0.4, 0.5) is 4.39 Å². The lowest BCUT2D eigenvalue weighted by Crippen LogP contribution is -2.52. The Morgan fingerprint density at radius 3 is 2.29 bits per heavy atom. The minimum Gasteiger partial charge on any atom is -0.480 e. The van der Waals surface area contributed by atoms with Crippen molar-refractivity contribution in [3.05, 3.63) is 0 Å². The maximum atomic E-state index is 12.8. The van der Waals surface area contributed by atoms with Crippen molar-refractivity contribution in [2.75, 3.05) is 0 Å². The topological polar surface area (TPSA) is 66.4 Å². The van der Waals surface area contributed by atoms with Crippen molar-refractivity contribution in [1.29, 1.82) is 0 Å². The van der Waals surface area contributed by atoms with Gasteiger partial charge in [-0.1, -0.05) is 0 Å². The Morgan fingerprint density at radius 1 is 1.57 bits per heavy atom. The molecule has 2 atom stereocenters. The smallest absolute Gasteiger partial charge is 0.328 e. The molecular weight excluding hydrogens is 189 g/mol. The molecule has 0 aromatic heterocycles. The number of nitrogens with one attached hydrogen (secondary N) is 1. The molecule has 80 valence electrons. The number of alkyl halides is 1. The summed E-state index contributed by atoms with van der Waals surface area (Å²) in [5.74, 6) is -1.66. The van der Waals surface area contributed by atoms with Crippen LogP contribution in [0, 0.1) is 5.41 Å². The van der Waals surface area contributed by atoms with Crippen LogP contribution in [0.25, 0.3) is 0 Å². The van der Waals surface area contributed by atoms with Gasteiger partial charge in [0.1, 0.15) is 11.7 Å². The standard InChI is InChI=1S/C9H14FNO3/c1-8(2,7(13)14)11-6(12)9(3)4-5(9)10/h5H,4H2,1-3H3,(H,11,12)(H,13,14). The highest BCUT2D eigenvalue weighted by Crippen LogP contribution is 2.48. The van der Waals surface area contributed by atoms with Gasteiger partial charge >= 0.3 is 5.97 Å². The minimum absolute atomic E-state index is 0.175. The van der Waals surface area contributed by atoms with Gasteiger partial charge in [0.25, 0.3) is 0 Å². The van der Waals surface area contributed by atoms with E-state index in [0.29, 0.717) is 0 Å². The van der Waals surface area contributed by atoms with E-state index in [1.807, 2.05) is 0 Å². The molecule has 0 aromatic rings. The Balaban J connectivity index is 2.62. The highest BCUT2D eigenvalue weighted by Gasteiger charge is 2.58. The number of halogens is 1. The third kappa shape index (κ3) is 1.71. The predicted octanol–water partition coefficient (Wildman–Crippen LogP) is 0.714. The quantitative estimate of drug-likeness (QED) is 0.710. The number of carboxylic acid groups (broad SMARTS) is 1. The number of aliphatic carboxylic acids is 1. The Kier molecular flexibility index (Phi) is 2.29. The first kappa shape index (κ1) is 10.9. The molecule has 1 aliphatic rings. The first-order valence-corrected chi connectivity index (χ1v) is 4.40. The summed E-state index contributed by atoms with van der Waals surface area (Å²) >= 11 is 0. The Morgan fingerprint density at radius 2 is 2.00 bits per heavy atom. The van der Waals surface area contributed by atoms with E-state index in [9.17, 15) is 14.0 Å². The lowest BCUT2D eigenvalue weighted by molar-refractivity contribution is -0.147. The van der Waals surface area contributed by atoms with E-state index >= 15 is 0 Å². The first-order chi connectivity index (χ1) is 6.20. The Labute approximate surface area is 81.5 Å². The largest absolute Gasteiger partial charge is 0.480 e. The Bertz CT molecular complexity index is 290. The predicted molar refractivity (Wildman–Crippen MR) is 47.5 cm³/mol. The molecular formula is C9H14FNO3. The normalized spacial score (nSPS) is 31.0. The molecule has 2 N–H and O–H groups in total. The van der Waals surface area contributed by atoms with Crippen molar-refractivity contribution in [3.8, 4) is 0 Å². The molecule has 0 radical (unpaired) electrons. The van der Waals surface area contributed by atoms with Crippen LogP contribution in [-0.4, -0.2) is 28.7 Å². The zero-order valence-corrected chi connectivity index (χ0v) is 8.43. The monoisotopic (exact) mass is 203 g/mol. The van der Waals surface area contributed by atoms with Gasteiger partial charge in [-0.05, 0) is 27.2 Å². The fourth-order valence-electron chi connectivity index (χ4n) is 1.03. The van der Waals surface area contributed by atoms with Gasteiger partial charge in [-0.3, -0.25) is 4.79 Å². The number of hydrogen-bond acceptors (Lipinski definition) is 2. The second kappa shape index (κ2) is 2.93. The fraction of sp³-hybridized carbons (Fsp3) is 0.778. The molecule has 0 saturated heterocycles. The van der Waals surface area contributed by atoms with E-state index in [4.69, 9.17) is 5.11 Å². The van der Waals surface area contributed by atoms with Gasteiger partial charge in [0.2, 0.25) is 5.91 Å². The second-order valence-corrected chi connectivity index (χ2v) is 4.47. The van der Waals surface area contributed by atoms with Gasteiger partial charge < -0.3 is 10.4 Å². The molecule has 4 nitrogen and oxygen atoms in total. The van der Waals surface area contributed by atoms with E-state index in [-0.39, 0.29) is 6.42 Å². The summed E-state index contributed by atoms with van der Waals surface area (Å²) in [7, 11) is 0. The summed E-state index contributed by atoms with van der Waals surface area (Å²) in [5, 5.41) is 11.0. The van der Waals surface area contributed by atoms with Gasteiger partial charge in [-0.2, -0.15) is 0 Å². The van der Waals surface area contributed by atoms with Gasteiger partial charge in [0.15, 0.2) is 0 Å². The minimum atomic E-state index is -1.34. The molecule has 1 fully saturated rings. The summed E-state index contributed by atoms with van der Waals surface area (Å²) in [5.41, 5.74) is -2.37. The molecule has 1 rings (SSSR count). The van der Waals surface area contributed by atoms with Crippen molar-refractivity contribution in [1.82, 2.24) is 5.32 Å². The van der Waals surface area contributed by atoms with E-state index in [2.05, 4.69) is 5.32 Å². The highest BCUT2D eigenvalue weighted by molar-refractivity contribution is 5.91. The molecule has 0 spiro atoms. The van der Waals surface area contributed by atoms with Crippen LogP contribution in [0.2, 0.25) is 0 Å². The molecule has 14 heavy (non-hydrogen) atoms. The van der Waals surface area contributed by atoms with Crippen molar-refractivity contribution in [3.63, 3.8) is 0 Å². The number of carboxylic acids is 1. The van der Waals surface area contributed by atoms with E-state index < -0.39 is 29.0 Å². The summed E-state index contributed by atoms with van der Waals surface area (Å²) in [6.07, 6.45) is -0.971. The van der Waals surface area contributed by atoms with Crippen LogP contribution in [0.15, 0.2) is 0 Å². The number of carbonyl (C=O) groups excluding carboxylic acids is 1. The van der Waals surface area contributed by atoms with E-state index in [0.717, 1.165) is 0 Å². The summed E-state index contributed by atoms with van der Waals surface area (Å²) in [4.78, 5) is 22.1. The fourth-order valence-corrected chi connectivity index (χ4v) is 1.03. The summed E-state index contributed by atoms with van der Waals surface area (Å²) in [6.45, 7) is 4.23. The number of carbonyl (C=O) groups is 2. The van der Waals surface area contributed by atoms with E-state index in [1.54, 1.807) is 0 Å². The van der Waals surface area contributed by atoms with Crippen LogP contribution in [0.5, 0.6) is 0 Å². The Hall–Kier alpha value is -1.13. The van der Waals surface area contributed by atoms with Crippen LogP contribution in [0.1, 0.15) is 27.2 Å². The molecule has 0 bridgehead atoms. The highest BCUT2D eigenvalue weighted by atomic mass is 19.1. The molecule has 5 heteroatoms. The zero-order chi connectivity index (χ0) is 11.1. The van der Waals surface area contributed by atoms with Crippen molar-refractivity contribution >= 4 is 11.9 Å². The number of amides is 1. The third-order valence-corrected chi connectivity index (χ3v) is 2.61. The number of rotatable bonds is 3. The zero-order valence-electron chi connectivity index (χ0n) is 8.43. The molecule has 0 aliphatic heterocycles. The van der Waals surface area contributed by atoms with Crippen LogP contribution < -0.4 is 5.32 Å². The number of hydrogen-bond donors (Lipinski definition) is 2. The third-order valence-electron chi connectivity index (χ3n) is 2.61.